The minimum absolute atomic E-state index is 0.0129. The second-order valence-electron chi connectivity index (χ2n) is 6.76. The number of carbonyl (C=O) groups excluding carboxylic acids is 1. The van der Waals surface area contributed by atoms with Gasteiger partial charge in [-0.3, -0.25) is 4.79 Å². The highest BCUT2D eigenvalue weighted by Crippen LogP contribution is 2.30. The zero-order valence-electron chi connectivity index (χ0n) is 15.0. The topological polar surface area (TPSA) is 53.7 Å². The molecule has 0 spiro atoms. The molecule has 6 nitrogen and oxygen atoms in total. The first kappa shape index (κ1) is 16.3. The number of piperazine rings is 1. The molecule has 1 aromatic carbocycles. The van der Waals surface area contributed by atoms with Crippen molar-refractivity contribution in [1.29, 1.82) is 0 Å². The average Bonchev–Trinajstić information content (AvgIpc) is 3.29. The summed E-state index contributed by atoms with van der Waals surface area (Å²) in [6.07, 6.45) is 1.94. The number of hydrogen-bond acceptors (Lipinski definition) is 5. The minimum atomic E-state index is 0.0129. The van der Waals surface area contributed by atoms with Crippen LogP contribution < -0.4 is 4.90 Å². The number of rotatable bonds is 2. The monoisotopic (exact) mass is 377 g/mol. The molecule has 4 heterocycles. The number of amides is 1. The molecular formula is C20H19N5OS. The van der Waals surface area contributed by atoms with Crippen molar-refractivity contribution in [1.82, 2.24) is 18.7 Å². The molecule has 5 rings (SSSR count). The van der Waals surface area contributed by atoms with E-state index in [1.165, 1.54) is 21.6 Å². The molecule has 1 aliphatic heterocycles. The van der Waals surface area contributed by atoms with Crippen LogP contribution >= 0.6 is 11.5 Å². The molecule has 0 N–H and O–H groups in total. The number of imidazole rings is 1. The predicted molar refractivity (Wildman–Crippen MR) is 108 cm³/mol. The van der Waals surface area contributed by atoms with Crippen LogP contribution in [0.4, 0.5) is 5.82 Å². The van der Waals surface area contributed by atoms with Crippen LogP contribution in [0.1, 0.15) is 16.2 Å². The van der Waals surface area contributed by atoms with Gasteiger partial charge in [0.1, 0.15) is 17.2 Å². The summed E-state index contributed by atoms with van der Waals surface area (Å²) in [6, 6.07) is 14.1. The van der Waals surface area contributed by atoms with E-state index in [4.69, 9.17) is 0 Å². The number of hydrogen-bond donors (Lipinski definition) is 0. The Bertz CT molecular complexity index is 1140. The highest BCUT2D eigenvalue weighted by molar-refractivity contribution is 7.13. The number of pyridine rings is 1. The molecule has 3 aromatic heterocycles. The van der Waals surface area contributed by atoms with E-state index in [0.29, 0.717) is 18.8 Å². The fourth-order valence-electron chi connectivity index (χ4n) is 3.69. The van der Waals surface area contributed by atoms with Crippen LogP contribution in [0.5, 0.6) is 0 Å². The normalized spacial score (nSPS) is 15.0. The standard InChI is InChI=1S/C20H19N5OS/c1-14-18(21-17-8-4-5-9-25(14)17)20(26)24-12-10-23(11-13-24)19-15-6-2-3-7-16(15)27-22-19/h2-9H,10-13H2,1H3. The second-order valence-corrected chi connectivity index (χ2v) is 7.56. The quantitative estimate of drug-likeness (QED) is 0.538. The summed E-state index contributed by atoms with van der Waals surface area (Å²) < 4.78 is 7.80. The summed E-state index contributed by atoms with van der Waals surface area (Å²) in [4.78, 5) is 21.7. The smallest absolute Gasteiger partial charge is 0.274 e. The predicted octanol–water partition coefficient (Wildman–Crippen LogP) is 3.21. The van der Waals surface area contributed by atoms with Crippen molar-refractivity contribution < 1.29 is 4.79 Å². The zero-order valence-corrected chi connectivity index (χ0v) is 15.8. The molecule has 4 aromatic rings. The Kier molecular flexibility index (Phi) is 3.82. The van der Waals surface area contributed by atoms with Crippen molar-refractivity contribution >= 4 is 39.0 Å². The van der Waals surface area contributed by atoms with Crippen molar-refractivity contribution in [2.45, 2.75) is 6.92 Å². The van der Waals surface area contributed by atoms with E-state index in [1.807, 2.05) is 52.8 Å². The molecule has 136 valence electrons. The van der Waals surface area contributed by atoms with Gasteiger partial charge in [-0.15, -0.1) is 0 Å². The van der Waals surface area contributed by atoms with Crippen LogP contribution in [0.2, 0.25) is 0 Å². The van der Waals surface area contributed by atoms with Gasteiger partial charge in [0, 0.05) is 37.8 Å². The van der Waals surface area contributed by atoms with Crippen molar-refractivity contribution in [3.63, 3.8) is 0 Å². The van der Waals surface area contributed by atoms with Crippen LogP contribution in [0.3, 0.4) is 0 Å². The second kappa shape index (κ2) is 6.35. The fourth-order valence-corrected chi connectivity index (χ4v) is 4.49. The molecule has 0 saturated carbocycles. The number of benzene rings is 1. The van der Waals surface area contributed by atoms with Gasteiger partial charge in [0.25, 0.3) is 5.91 Å². The van der Waals surface area contributed by atoms with E-state index in [2.05, 4.69) is 26.4 Å². The highest BCUT2D eigenvalue weighted by atomic mass is 32.1. The van der Waals surface area contributed by atoms with Crippen molar-refractivity contribution in [2.24, 2.45) is 0 Å². The van der Waals surface area contributed by atoms with Crippen molar-refractivity contribution in [2.75, 3.05) is 31.1 Å². The summed E-state index contributed by atoms with van der Waals surface area (Å²) in [7, 11) is 0. The molecule has 7 heteroatoms. The van der Waals surface area contributed by atoms with Gasteiger partial charge in [-0.25, -0.2) is 4.98 Å². The van der Waals surface area contributed by atoms with Gasteiger partial charge in [-0.05, 0) is 42.7 Å². The number of fused-ring (bicyclic) bond motifs is 2. The summed E-state index contributed by atoms with van der Waals surface area (Å²) in [5.41, 5.74) is 2.25. The molecule has 0 unspecified atom stereocenters. The Hall–Kier alpha value is -2.93. The van der Waals surface area contributed by atoms with Gasteiger partial charge < -0.3 is 14.2 Å². The summed E-state index contributed by atoms with van der Waals surface area (Å²) in [5.74, 6) is 1.05. The Morgan fingerprint density at radius 2 is 1.81 bits per heavy atom. The van der Waals surface area contributed by atoms with Crippen molar-refractivity contribution in [3.05, 3.63) is 60.0 Å². The third-order valence-electron chi connectivity index (χ3n) is 5.20. The van der Waals surface area contributed by atoms with Crippen molar-refractivity contribution in [3.8, 4) is 0 Å². The molecular weight excluding hydrogens is 358 g/mol. The summed E-state index contributed by atoms with van der Waals surface area (Å²) in [5, 5.41) is 1.19. The van der Waals surface area contributed by atoms with Crippen LogP contribution in [-0.2, 0) is 0 Å². The summed E-state index contributed by atoms with van der Waals surface area (Å²) in [6.45, 7) is 4.87. The highest BCUT2D eigenvalue weighted by Gasteiger charge is 2.27. The first-order chi connectivity index (χ1) is 13.2. The lowest BCUT2D eigenvalue weighted by Crippen LogP contribution is -2.49. The zero-order chi connectivity index (χ0) is 18.4. The Morgan fingerprint density at radius 3 is 2.63 bits per heavy atom. The lowest BCUT2D eigenvalue weighted by atomic mass is 10.2. The third-order valence-corrected chi connectivity index (χ3v) is 6.01. The van der Waals surface area contributed by atoms with Crippen LogP contribution in [-0.4, -0.2) is 50.7 Å². The fraction of sp³-hybridized carbons (Fsp3) is 0.250. The van der Waals surface area contributed by atoms with Gasteiger partial charge in [0.2, 0.25) is 0 Å². The maximum atomic E-state index is 13.0. The molecule has 27 heavy (non-hydrogen) atoms. The van der Waals surface area contributed by atoms with E-state index >= 15 is 0 Å². The largest absolute Gasteiger partial charge is 0.352 e. The maximum absolute atomic E-state index is 13.0. The Morgan fingerprint density at radius 1 is 1.04 bits per heavy atom. The van der Waals surface area contributed by atoms with Crippen LogP contribution in [0, 0.1) is 6.92 Å². The average molecular weight is 377 g/mol. The molecule has 1 fully saturated rings. The number of aromatic nitrogens is 3. The molecule has 0 atom stereocenters. The minimum Gasteiger partial charge on any atom is -0.352 e. The molecule has 1 saturated heterocycles. The lowest BCUT2D eigenvalue weighted by Gasteiger charge is -2.34. The van der Waals surface area contributed by atoms with Gasteiger partial charge in [0.05, 0.1) is 10.4 Å². The number of nitrogens with zero attached hydrogens (tertiary/aromatic N) is 5. The first-order valence-electron chi connectivity index (χ1n) is 9.05. The number of anilines is 1. The SMILES string of the molecule is Cc1c(C(=O)N2CCN(c3nsc4ccccc34)CC2)nc2ccccn12. The molecule has 0 radical (unpaired) electrons. The van der Waals surface area contributed by atoms with Crippen LogP contribution in [0.15, 0.2) is 48.7 Å². The Labute approximate surface area is 160 Å². The number of carbonyl (C=O) groups is 1. The number of aryl methyl sites for hydroxylation is 1. The summed E-state index contributed by atoms with van der Waals surface area (Å²) >= 11 is 1.53. The Balaban J connectivity index is 1.35. The molecule has 0 aliphatic carbocycles. The van der Waals surface area contributed by atoms with Gasteiger partial charge in [-0.1, -0.05) is 18.2 Å². The molecule has 1 amide bonds. The van der Waals surface area contributed by atoms with Gasteiger partial charge >= 0.3 is 0 Å². The van der Waals surface area contributed by atoms with E-state index in [0.717, 1.165) is 30.2 Å². The molecule has 1 aliphatic rings. The van der Waals surface area contributed by atoms with Gasteiger partial charge in [0.15, 0.2) is 0 Å². The van der Waals surface area contributed by atoms with Crippen LogP contribution in [0.25, 0.3) is 15.7 Å². The third kappa shape index (κ3) is 2.66. The first-order valence-corrected chi connectivity index (χ1v) is 9.82. The van der Waals surface area contributed by atoms with E-state index in [-0.39, 0.29) is 5.91 Å². The van der Waals surface area contributed by atoms with E-state index < -0.39 is 0 Å². The van der Waals surface area contributed by atoms with E-state index in [1.54, 1.807) is 0 Å². The lowest BCUT2D eigenvalue weighted by molar-refractivity contribution is 0.0740. The van der Waals surface area contributed by atoms with Gasteiger partial charge in [-0.2, -0.15) is 4.37 Å². The molecule has 0 bridgehead atoms. The van der Waals surface area contributed by atoms with E-state index in [9.17, 15) is 4.79 Å². The maximum Gasteiger partial charge on any atom is 0.274 e.